The third-order valence-corrected chi connectivity index (χ3v) is 7.01. The summed E-state index contributed by atoms with van der Waals surface area (Å²) >= 11 is 0. The normalized spacial score (nSPS) is 13.9. The van der Waals surface area contributed by atoms with Crippen LogP contribution in [0, 0.1) is 5.92 Å². The minimum Gasteiger partial charge on any atom is -0.494 e. The Morgan fingerprint density at radius 3 is 1.88 bits per heavy atom. The summed E-state index contributed by atoms with van der Waals surface area (Å²) in [5.41, 5.74) is 0.996. The SMILES string of the molecule is CCCCCCCCOc1ccc(-c2ncc(OCCCCCCCC3CCCC3)cn2)cc1. The maximum absolute atomic E-state index is 5.87. The molecular weight excluding hydrogens is 420 g/mol. The molecule has 1 saturated carbocycles. The first kappa shape index (κ1) is 26.5. The number of unbranched alkanes of at least 4 members (excludes halogenated alkanes) is 9. The summed E-state index contributed by atoms with van der Waals surface area (Å²) in [5, 5.41) is 0. The third kappa shape index (κ3) is 10.4. The fourth-order valence-electron chi connectivity index (χ4n) is 4.87. The van der Waals surface area contributed by atoms with E-state index in [0.717, 1.165) is 54.9 Å². The van der Waals surface area contributed by atoms with E-state index in [1.54, 1.807) is 12.4 Å². The summed E-state index contributed by atoms with van der Waals surface area (Å²) in [5.74, 6) is 3.42. The van der Waals surface area contributed by atoms with Gasteiger partial charge in [0.2, 0.25) is 0 Å². The average Bonchev–Trinajstić information content (AvgIpc) is 3.39. The largest absolute Gasteiger partial charge is 0.494 e. The van der Waals surface area contributed by atoms with Gasteiger partial charge in [0.05, 0.1) is 25.6 Å². The zero-order valence-corrected chi connectivity index (χ0v) is 21.5. The van der Waals surface area contributed by atoms with Crippen molar-refractivity contribution in [1.29, 1.82) is 0 Å². The molecule has 1 aromatic heterocycles. The molecule has 1 aromatic carbocycles. The molecule has 1 aliphatic carbocycles. The molecule has 4 nitrogen and oxygen atoms in total. The second-order valence-electron chi connectivity index (χ2n) is 9.94. The van der Waals surface area contributed by atoms with Crippen LogP contribution in [0.1, 0.15) is 110 Å². The second kappa shape index (κ2) is 16.5. The van der Waals surface area contributed by atoms with E-state index in [1.807, 2.05) is 24.3 Å². The van der Waals surface area contributed by atoms with Crippen molar-refractivity contribution < 1.29 is 9.47 Å². The maximum atomic E-state index is 5.87. The van der Waals surface area contributed by atoms with Gasteiger partial charge in [-0.25, -0.2) is 9.97 Å². The molecule has 1 aliphatic rings. The van der Waals surface area contributed by atoms with Crippen LogP contribution >= 0.6 is 0 Å². The van der Waals surface area contributed by atoms with E-state index in [-0.39, 0.29) is 0 Å². The highest BCUT2D eigenvalue weighted by molar-refractivity contribution is 5.56. The van der Waals surface area contributed by atoms with Crippen LogP contribution in [0.25, 0.3) is 11.4 Å². The zero-order chi connectivity index (χ0) is 23.7. The van der Waals surface area contributed by atoms with Gasteiger partial charge in [-0.3, -0.25) is 0 Å². The summed E-state index contributed by atoms with van der Waals surface area (Å²) in [7, 11) is 0. The average molecular weight is 467 g/mol. The first-order chi connectivity index (χ1) is 16.8. The van der Waals surface area contributed by atoms with Crippen LogP contribution in [0.2, 0.25) is 0 Å². The molecule has 0 aliphatic heterocycles. The molecule has 0 radical (unpaired) electrons. The van der Waals surface area contributed by atoms with Crippen LogP contribution in [0.3, 0.4) is 0 Å². The van der Waals surface area contributed by atoms with Crippen molar-refractivity contribution >= 4 is 0 Å². The second-order valence-corrected chi connectivity index (χ2v) is 9.94. The molecule has 0 bridgehead atoms. The van der Waals surface area contributed by atoms with E-state index in [0.29, 0.717) is 0 Å². The van der Waals surface area contributed by atoms with Crippen molar-refractivity contribution in [2.75, 3.05) is 13.2 Å². The molecule has 0 unspecified atom stereocenters. The lowest BCUT2D eigenvalue weighted by Crippen LogP contribution is -1.99. The molecule has 34 heavy (non-hydrogen) atoms. The van der Waals surface area contributed by atoms with E-state index >= 15 is 0 Å². The molecule has 188 valence electrons. The Labute approximate surface area is 207 Å². The Morgan fingerprint density at radius 1 is 0.676 bits per heavy atom. The lowest BCUT2D eigenvalue weighted by atomic mass is 9.99. The van der Waals surface area contributed by atoms with Crippen LogP contribution < -0.4 is 9.47 Å². The van der Waals surface area contributed by atoms with Gasteiger partial charge in [-0.05, 0) is 43.0 Å². The Bertz CT molecular complexity index is 754. The number of benzene rings is 1. The molecule has 0 N–H and O–H groups in total. The zero-order valence-electron chi connectivity index (χ0n) is 21.5. The summed E-state index contributed by atoms with van der Waals surface area (Å²) < 4.78 is 11.7. The molecule has 0 amide bonds. The minimum absolute atomic E-state index is 0.720. The Balaban J connectivity index is 1.25. The molecule has 0 atom stereocenters. The summed E-state index contributed by atoms with van der Waals surface area (Å²) in [6, 6.07) is 8.07. The van der Waals surface area contributed by atoms with Crippen LogP contribution in [0.15, 0.2) is 36.7 Å². The van der Waals surface area contributed by atoms with E-state index < -0.39 is 0 Å². The van der Waals surface area contributed by atoms with E-state index in [1.165, 1.54) is 89.9 Å². The number of aromatic nitrogens is 2. The van der Waals surface area contributed by atoms with Gasteiger partial charge >= 0.3 is 0 Å². The predicted octanol–water partition coefficient (Wildman–Crippen LogP) is 8.79. The van der Waals surface area contributed by atoms with Gasteiger partial charge in [0.25, 0.3) is 0 Å². The fourth-order valence-corrected chi connectivity index (χ4v) is 4.87. The van der Waals surface area contributed by atoms with Gasteiger partial charge in [-0.15, -0.1) is 0 Å². The number of ether oxygens (including phenoxy) is 2. The molecule has 1 fully saturated rings. The summed E-state index contributed by atoms with van der Waals surface area (Å²) in [6.07, 6.45) is 25.0. The quantitative estimate of drug-likeness (QED) is 0.206. The van der Waals surface area contributed by atoms with Gasteiger partial charge in [0.1, 0.15) is 5.75 Å². The van der Waals surface area contributed by atoms with Crippen LogP contribution in [-0.2, 0) is 0 Å². The first-order valence-electron chi connectivity index (χ1n) is 14.0. The van der Waals surface area contributed by atoms with Gasteiger partial charge in [0, 0.05) is 5.56 Å². The number of rotatable bonds is 18. The Kier molecular flexibility index (Phi) is 12.9. The van der Waals surface area contributed by atoms with Crippen LogP contribution in [0.4, 0.5) is 0 Å². The van der Waals surface area contributed by atoms with E-state index in [2.05, 4.69) is 16.9 Å². The lowest BCUT2D eigenvalue weighted by molar-refractivity contribution is 0.301. The van der Waals surface area contributed by atoms with Gasteiger partial charge < -0.3 is 9.47 Å². The summed E-state index contributed by atoms with van der Waals surface area (Å²) in [4.78, 5) is 8.98. The van der Waals surface area contributed by atoms with E-state index in [4.69, 9.17) is 9.47 Å². The maximum Gasteiger partial charge on any atom is 0.159 e. The molecular formula is C30H46N2O2. The molecule has 1 heterocycles. The highest BCUT2D eigenvalue weighted by Crippen LogP contribution is 2.29. The highest BCUT2D eigenvalue weighted by Gasteiger charge is 2.13. The van der Waals surface area contributed by atoms with Gasteiger partial charge in [0.15, 0.2) is 11.6 Å². The van der Waals surface area contributed by atoms with Crippen molar-refractivity contribution in [1.82, 2.24) is 9.97 Å². The number of hydrogen-bond donors (Lipinski definition) is 0. The van der Waals surface area contributed by atoms with Crippen molar-refractivity contribution in [3.8, 4) is 22.9 Å². The predicted molar refractivity (Wildman–Crippen MR) is 141 cm³/mol. The molecule has 3 rings (SSSR count). The Hall–Kier alpha value is -2.10. The van der Waals surface area contributed by atoms with Crippen molar-refractivity contribution in [2.24, 2.45) is 5.92 Å². The van der Waals surface area contributed by atoms with Crippen molar-refractivity contribution in [2.45, 2.75) is 110 Å². The van der Waals surface area contributed by atoms with Crippen LogP contribution in [0.5, 0.6) is 11.5 Å². The number of hydrogen-bond acceptors (Lipinski definition) is 4. The smallest absolute Gasteiger partial charge is 0.159 e. The van der Waals surface area contributed by atoms with Gasteiger partial charge in [-0.2, -0.15) is 0 Å². The topological polar surface area (TPSA) is 44.2 Å². The third-order valence-electron chi connectivity index (χ3n) is 7.01. The minimum atomic E-state index is 0.720. The summed E-state index contributed by atoms with van der Waals surface area (Å²) in [6.45, 7) is 3.78. The molecule has 2 aromatic rings. The van der Waals surface area contributed by atoms with E-state index in [9.17, 15) is 0 Å². The standard InChI is InChI=1S/C30H46N2O2/c1-2-3-4-5-8-13-22-33-28-20-18-27(19-21-28)30-31-24-29(25-32-30)34-23-14-9-6-7-10-15-26-16-11-12-17-26/h18-21,24-26H,2-17,22-23H2,1H3. The first-order valence-corrected chi connectivity index (χ1v) is 14.0. The van der Waals surface area contributed by atoms with Crippen LogP contribution in [-0.4, -0.2) is 23.2 Å². The Morgan fingerprint density at radius 2 is 1.24 bits per heavy atom. The molecule has 0 saturated heterocycles. The molecule has 4 heteroatoms. The van der Waals surface area contributed by atoms with Crippen molar-refractivity contribution in [3.63, 3.8) is 0 Å². The fraction of sp³-hybridized carbons (Fsp3) is 0.667. The van der Waals surface area contributed by atoms with Crippen molar-refractivity contribution in [3.05, 3.63) is 36.7 Å². The molecule has 0 spiro atoms. The highest BCUT2D eigenvalue weighted by atomic mass is 16.5. The lowest BCUT2D eigenvalue weighted by Gasteiger charge is -2.09. The van der Waals surface area contributed by atoms with Gasteiger partial charge in [-0.1, -0.05) is 96.8 Å². The monoisotopic (exact) mass is 466 g/mol. The number of nitrogens with zero attached hydrogens (tertiary/aromatic N) is 2.